The molecule has 6 nitrogen and oxygen atoms in total. The largest absolute Gasteiger partial charge is 0.481 e. The van der Waals surface area contributed by atoms with Crippen LogP contribution in [0.1, 0.15) is 32.1 Å². The van der Waals surface area contributed by atoms with Crippen molar-refractivity contribution in [2.75, 3.05) is 26.2 Å². The van der Waals surface area contributed by atoms with Gasteiger partial charge in [0.05, 0.1) is 6.10 Å². The first-order valence-electron chi connectivity index (χ1n) is 7.00. The van der Waals surface area contributed by atoms with Crippen molar-refractivity contribution in [1.29, 1.82) is 0 Å². The minimum atomic E-state index is -0.755. The lowest BCUT2D eigenvalue weighted by molar-refractivity contribution is -0.138. The highest BCUT2D eigenvalue weighted by molar-refractivity contribution is 5.74. The molecule has 2 aliphatic heterocycles. The fraction of sp³-hybridized carbons (Fsp3) is 0.846. The molecule has 2 saturated heterocycles. The molecule has 0 aliphatic carbocycles. The number of urea groups is 1. The zero-order chi connectivity index (χ0) is 13.8. The summed E-state index contributed by atoms with van der Waals surface area (Å²) in [5, 5.41) is 18.2. The Hall–Kier alpha value is -1.30. The van der Waals surface area contributed by atoms with Crippen LogP contribution in [0.2, 0.25) is 0 Å². The van der Waals surface area contributed by atoms with Crippen LogP contribution >= 0.6 is 0 Å². The predicted molar refractivity (Wildman–Crippen MR) is 68.8 cm³/mol. The molecular weight excluding hydrogens is 248 g/mol. The van der Waals surface area contributed by atoms with Crippen LogP contribution in [0.3, 0.4) is 0 Å². The van der Waals surface area contributed by atoms with Crippen molar-refractivity contribution < 1.29 is 19.8 Å². The molecule has 0 spiro atoms. The summed E-state index contributed by atoms with van der Waals surface area (Å²) in [6.45, 7) is 2.54. The van der Waals surface area contributed by atoms with Crippen molar-refractivity contribution >= 4 is 12.0 Å². The standard InChI is InChI=1S/C13H22N2O4/c16-11-3-7-15(8-4-11)13(19)14-5-1-10(2-6-14)9-12(17)18/h10-11,16H,1-9H2,(H,17,18). The van der Waals surface area contributed by atoms with E-state index in [-0.39, 0.29) is 24.5 Å². The smallest absolute Gasteiger partial charge is 0.320 e. The molecule has 0 aromatic rings. The molecule has 0 unspecified atom stereocenters. The Morgan fingerprint density at radius 3 is 1.89 bits per heavy atom. The minimum absolute atomic E-state index is 0.0423. The van der Waals surface area contributed by atoms with Crippen LogP contribution in [-0.4, -0.2) is 64.3 Å². The summed E-state index contributed by atoms with van der Waals surface area (Å²) in [4.78, 5) is 26.5. The normalized spacial score (nSPS) is 22.6. The maximum absolute atomic E-state index is 12.2. The molecule has 2 N–H and O–H groups in total. The number of rotatable bonds is 2. The van der Waals surface area contributed by atoms with Gasteiger partial charge in [-0.2, -0.15) is 0 Å². The van der Waals surface area contributed by atoms with E-state index < -0.39 is 5.97 Å². The highest BCUT2D eigenvalue weighted by Gasteiger charge is 2.29. The molecule has 0 saturated carbocycles. The maximum Gasteiger partial charge on any atom is 0.320 e. The molecule has 2 rings (SSSR count). The fourth-order valence-corrected chi connectivity index (χ4v) is 2.83. The number of carboxylic acid groups (broad SMARTS) is 1. The number of piperidine rings is 2. The van der Waals surface area contributed by atoms with Crippen LogP contribution < -0.4 is 0 Å². The quantitative estimate of drug-likeness (QED) is 0.776. The van der Waals surface area contributed by atoms with E-state index in [0.29, 0.717) is 39.0 Å². The molecular formula is C13H22N2O4. The van der Waals surface area contributed by atoms with Gasteiger partial charge in [-0.1, -0.05) is 0 Å². The number of carbonyl (C=O) groups excluding carboxylic acids is 1. The van der Waals surface area contributed by atoms with Crippen LogP contribution in [0.5, 0.6) is 0 Å². The maximum atomic E-state index is 12.2. The summed E-state index contributed by atoms with van der Waals surface area (Å²) in [6.07, 6.45) is 2.79. The van der Waals surface area contributed by atoms with Gasteiger partial charge >= 0.3 is 12.0 Å². The van der Waals surface area contributed by atoms with Gasteiger partial charge in [0, 0.05) is 32.6 Å². The van der Waals surface area contributed by atoms with Crippen LogP contribution in [0.25, 0.3) is 0 Å². The summed E-state index contributed by atoms with van der Waals surface area (Å²) in [5.74, 6) is -0.556. The molecule has 19 heavy (non-hydrogen) atoms. The lowest BCUT2D eigenvalue weighted by atomic mass is 9.94. The highest BCUT2D eigenvalue weighted by atomic mass is 16.4. The van der Waals surface area contributed by atoms with E-state index in [4.69, 9.17) is 5.11 Å². The van der Waals surface area contributed by atoms with Gasteiger partial charge in [0.15, 0.2) is 0 Å². The second kappa shape index (κ2) is 6.23. The van der Waals surface area contributed by atoms with Crippen LogP contribution in [0, 0.1) is 5.92 Å². The molecule has 2 amide bonds. The Labute approximate surface area is 113 Å². The molecule has 6 heteroatoms. The van der Waals surface area contributed by atoms with Crippen LogP contribution in [0.4, 0.5) is 4.79 Å². The van der Waals surface area contributed by atoms with Gasteiger partial charge in [-0.25, -0.2) is 4.79 Å². The summed E-state index contributed by atoms with van der Waals surface area (Å²) >= 11 is 0. The molecule has 0 bridgehead atoms. The van der Waals surface area contributed by atoms with Gasteiger partial charge in [0.25, 0.3) is 0 Å². The van der Waals surface area contributed by atoms with E-state index in [2.05, 4.69) is 0 Å². The van der Waals surface area contributed by atoms with E-state index >= 15 is 0 Å². The van der Waals surface area contributed by atoms with E-state index in [1.807, 2.05) is 4.90 Å². The molecule has 108 valence electrons. The average molecular weight is 270 g/mol. The van der Waals surface area contributed by atoms with Gasteiger partial charge in [0.1, 0.15) is 0 Å². The fourth-order valence-electron chi connectivity index (χ4n) is 2.83. The number of hydrogen-bond acceptors (Lipinski definition) is 3. The van der Waals surface area contributed by atoms with Crippen molar-refractivity contribution in [3.8, 4) is 0 Å². The minimum Gasteiger partial charge on any atom is -0.481 e. The molecule has 2 aliphatic rings. The van der Waals surface area contributed by atoms with Gasteiger partial charge in [-0.05, 0) is 31.6 Å². The third kappa shape index (κ3) is 3.83. The van der Waals surface area contributed by atoms with Crippen molar-refractivity contribution in [3.05, 3.63) is 0 Å². The number of aliphatic hydroxyl groups excluding tert-OH is 1. The van der Waals surface area contributed by atoms with Gasteiger partial charge in [0.2, 0.25) is 0 Å². The molecule has 2 fully saturated rings. The van der Waals surface area contributed by atoms with Crippen molar-refractivity contribution in [2.24, 2.45) is 5.92 Å². The summed E-state index contributed by atoms with van der Waals surface area (Å²) < 4.78 is 0. The number of nitrogens with zero attached hydrogens (tertiary/aromatic N) is 2. The Kier molecular flexibility index (Phi) is 4.63. The Morgan fingerprint density at radius 2 is 1.42 bits per heavy atom. The number of likely N-dealkylation sites (tertiary alicyclic amines) is 2. The summed E-state index contributed by atoms with van der Waals surface area (Å²) in [5.41, 5.74) is 0. The SMILES string of the molecule is O=C(O)CC1CCN(C(=O)N2CCC(O)CC2)CC1. The monoisotopic (exact) mass is 270 g/mol. The first-order valence-corrected chi connectivity index (χ1v) is 7.00. The van der Waals surface area contributed by atoms with Gasteiger partial charge in [-0.3, -0.25) is 4.79 Å². The first kappa shape index (κ1) is 14.1. The van der Waals surface area contributed by atoms with Crippen LogP contribution in [-0.2, 0) is 4.79 Å². The zero-order valence-electron chi connectivity index (χ0n) is 11.1. The number of hydrogen-bond donors (Lipinski definition) is 2. The number of aliphatic hydroxyl groups is 1. The topological polar surface area (TPSA) is 81.1 Å². The average Bonchev–Trinajstić information content (AvgIpc) is 2.39. The van der Waals surface area contributed by atoms with E-state index in [1.54, 1.807) is 4.90 Å². The second-order valence-corrected chi connectivity index (χ2v) is 5.53. The van der Waals surface area contributed by atoms with Gasteiger partial charge < -0.3 is 20.0 Å². The Balaban J connectivity index is 1.77. The van der Waals surface area contributed by atoms with Gasteiger partial charge in [-0.15, -0.1) is 0 Å². The Morgan fingerprint density at radius 1 is 0.947 bits per heavy atom. The molecule has 0 aromatic heterocycles. The van der Waals surface area contributed by atoms with E-state index in [9.17, 15) is 14.7 Å². The molecule has 0 radical (unpaired) electrons. The lowest BCUT2D eigenvalue weighted by Gasteiger charge is -2.37. The third-order valence-corrected chi connectivity index (χ3v) is 4.08. The summed E-state index contributed by atoms with van der Waals surface area (Å²) in [7, 11) is 0. The lowest BCUT2D eigenvalue weighted by Crippen LogP contribution is -2.49. The predicted octanol–water partition coefficient (Wildman–Crippen LogP) is 0.750. The van der Waals surface area contributed by atoms with E-state index in [1.165, 1.54) is 0 Å². The molecule has 0 aromatic carbocycles. The Bertz CT molecular complexity index is 332. The molecule has 0 atom stereocenters. The number of amides is 2. The molecule has 2 heterocycles. The van der Waals surface area contributed by atoms with Crippen molar-refractivity contribution in [3.63, 3.8) is 0 Å². The number of carbonyl (C=O) groups is 2. The highest BCUT2D eigenvalue weighted by Crippen LogP contribution is 2.22. The first-order chi connectivity index (χ1) is 9.06. The third-order valence-electron chi connectivity index (χ3n) is 4.08. The van der Waals surface area contributed by atoms with Crippen molar-refractivity contribution in [1.82, 2.24) is 9.80 Å². The number of carboxylic acids is 1. The van der Waals surface area contributed by atoms with Crippen LogP contribution in [0.15, 0.2) is 0 Å². The summed E-state index contributed by atoms with van der Waals surface area (Å²) in [6, 6.07) is 0.0423. The van der Waals surface area contributed by atoms with Crippen molar-refractivity contribution in [2.45, 2.75) is 38.2 Å². The zero-order valence-corrected chi connectivity index (χ0v) is 11.1. The number of aliphatic carboxylic acids is 1. The second-order valence-electron chi connectivity index (χ2n) is 5.53. The van der Waals surface area contributed by atoms with E-state index in [0.717, 1.165) is 12.8 Å².